The first-order valence-corrected chi connectivity index (χ1v) is 7.19. The number of benzene rings is 1. The van der Waals surface area contributed by atoms with Crippen molar-refractivity contribution in [2.75, 3.05) is 13.1 Å². The summed E-state index contributed by atoms with van der Waals surface area (Å²) in [6.07, 6.45) is 2.72. The van der Waals surface area contributed by atoms with E-state index >= 15 is 0 Å². The molecule has 0 amide bonds. The molecule has 0 spiro atoms. The molecule has 1 aliphatic rings. The van der Waals surface area contributed by atoms with Gasteiger partial charge in [-0.15, -0.1) is 0 Å². The zero-order valence-corrected chi connectivity index (χ0v) is 11.1. The Hall–Kier alpha value is -0.470. The van der Waals surface area contributed by atoms with E-state index in [2.05, 4.69) is 49.1 Å². The van der Waals surface area contributed by atoms with Gasteiger partial charge in [0, 0.05) is 17.5 Å². The van der Waals surface area contributed by atoms with Crippen molar-refractivity contribution < 1.29 is 0 Å². The number of hydrogen-bond acceptors (Lipinski definition) is 2. The standard InChI is InChI=1S/C14H21NS/c1-11-5-6-13(12(2)8-11)10-16-14-4-3-7-15-9-14/h5-6,8,14-15H,3-4,7,9-10H2,1-2H3. The smallest absolute Gasteiger partial charge is 0.0190 e. The van der Waals surface area contributed by atoms with Gasteiger partial charge in [-0.25, -0.2) is 0 Å². The Labute approximate surface area is 103 Å². The summed E-state index contributed by atoms with van der Waals surface area (Å²) in [6, 6.07) is 6.80. The second-order valence-electron chi connectivity index (χ2n) is 4.71. The second kappa shape index (κ2) is 5.74. The fraction of sp³-hybridized carbons (Fsp3) is 0.571. The van der Waals surface area contributed by atoms with Gasteiger partial charge in [0.2, 0.25) is 0 Å². The van der Waals surface area contributed by atoms with Crippen LogP contribution in [-0.4, -0.2) is 18.3 Å². The summed E-state index contributed by atoms with van der Waals surface area (Å²) < 4.78 is 0. The van der Waals surface area contributed by atoms with Gasteiger partial charge in [0.05, 0.1) is 0 Å². The number of hydrogen-bond donors (Lipinski definition) is 1. The van der Waals surface area contributed by atoms with E-state index in [0.29, 0.717) is 0 Å². The summed E-state index contributed by atoms with van der Waals surface area (Å²) in [4.78, 5) is 0. The highest BCUT2D eigenvalue weighted by atomic mass is 32.2. The number of aryl methyl sites for hydroxylation is 2. The van der Waals surface area contributed by atoms with Crippen LogP contribution < -0.4 is 5.32 Å². The van der Waals surface area contributed by atoms with Gasteiger partial charge in [0.15, 0.2) is 0 Å². The van der Waals surface area contributed by atoms with Gasteiger partial charge in [-0.05, 0) is 44.4 Å². The minimum Gasteiger partial charge on any atom is -0.316 e. The van der Waals surface area contributed by atoms with Crippen LogP contribution in [0.5, 0.6) is 0 Å². The summed E-state index contributed by atoms with van der Waals surface area (Å²) in [7, 11) is 0. The Kier molecular flexibility index (Phi) is 4.30. The van der Waals surface area contributed by atoms with Crippen molar-refractivity contribution in [1.29, 1.82) is 0 Å². The maximum Gasteiger partial charge on any atom is 0.0190 e. The molecule has 1 N–H and O–H groups in total. The van der Waals surface area contributed by atoms with Crippen LogP contribution in [0.2, 0.25) is 0 Å². The summed E-state index contributed by atoms with van der Waals surface area (Å²) in [5, 5.41) is 4.29. The van der Waals surface area contributed by atoms with Crippen molar-refractivity contribution in [3.8, 4) is 0 Å². The van der Waals surface area contributed by atoms with Gasteiger partial charge in [-0.3, -0.25) is 0 Å². The molecule has 2 rings (SSSR count). The van der Waals surface area contributed by atoms with E-state index in [4.69, 9.17) is 0 Å². The van der Waals surface area contributed by atoms with Gasteiger partial charge >= 0.3 is 0 Å². The largest absolute Gasteiger partial charge is 0.316 e. The Balaban J connectivity index is 1.88. The highest BCUT2D eigenvalue weighted by Crippen LogP contribution is 2.24. The summed E-state index contributed by atoms with van der Waals surface area (Å²) >= 11 is 2.11. The maximum absolute atomic E-state index is 3.47. The quantitative estimate of drug-likeness (QED) is 0.863. The predicted octanol–water partition coefficient (Wildman–Crippen LogP) is 3.29. The summed E-state index contributed by atoms with van der Waals surface area (Å²) in [6.45, 7) is 6.78. The Morgan fingerprint density at radius 1 is 1.38 bits per heavy atom. The molecular weight excluding hydrogens is 214 g/mol. The molecule has 1 nitrogen and oxygen atoms in total. The summed E-state index contributed by atoms with van der Waals surface area (Å²) in [5.41, 5.74) is 4.31. The van der Waals surface area contributed by atoms with E-state index in [1.807, 2.05) is 0 Å². The van der Waals surface area contributed by atoms with E-state index in [1.165, 1.54) is 48.4 Å². The predicted molar refractivity (Wildman–Crippen MR) is 73.1 cm³/mol. The molecule has 1 heterocycles. The average Bonchev–Trinajstić information content (AvgIpc) is 2.29. The lowest BCUT2D eigenvalue weighted by Crippen LogP contribution is -2.31. The Morgan fingerprint density at radius 2 is 2.25 bits per heavy atom. The topological polar surface area (TPSA) is 12.0 Å². The third-order valence-electron chi connectivity index (χ3n) is 3.22. The Morgan fingerprint density at radius 3 is 2.94 bits per heavy atom. The second-order valence-corrected chi connectivity index (χ2v) is 6.00. The number of thioether (sulfide) groups is 1. The van der Waals surface area contributed by atoms with E-state index in [9.17, 15) is 0 Å². The zero-order chi connectivity index (χ0) is 11.4. The summed E-state index contributed by atoms with van der Waals surface area (Å²) in [5.74, 6) is 1.17. The third-order valence-corrected chi connectivity index (χ3v) is 4.58. The lowest BCUT2D eigenvalue weighted by Gasteiger charge is -2.22. The monoisotopic (exact) mass is 235 g/mol. The molecule has 0 aliphatic carbocycles. The van der Waals surface area contributed by atoms with Gasteiger partial charge in [0.25, 0.3) is 0 Å². The maximum atomic E-state index is 3.47. The highest BCUT2D eigenvalue weighted by Gasteiger charge is 2.13. The molecule has 16 heavy (non-hydrogen) atoms. The first kappa shape index (κ1) is 12.0. The molecule has 0 aromatic heterocycles. The minimum atomic E-state index is 0.814. The van der Waals surface area contributed by atoms with E-state index in [-0.39, 0.29) is 0 Å². The van der Waals surface area contributed by atoms with Crippen LogP contribution in [0.3, 0.4) is 0 Å². The minimum absolute atomic E-state index is 0.814. The molecule has 1 atom stereocenters. The fourth-order valence-electron chi connectivity index (χ4n) is 2.18. The molecule has 0 saturated carbocycles. The molecule has 2 heteroatoms. The molecule has 1 aromatic carbocycles. The molecule has 88 valence electrons. The van der Waals surface area contributed by atoms with Crippen molar-refractivity contribution in [3.05, 3.63) is 34.9 Å². The Bertz CT molecular complexity index is 343. The SMILES string of the molecule is Cc1ccc(CSC2CCCNC2)c(C)c1. The van der Waals surface area contributed by atoms with Crippen LogP contribution >= 0.6 is 11.8 Å². The van der Waals surface area contributed by atoms with E-state index in [0.717, 1.165) is 5.25 Å². The molecule has 1 fully saturated rings. The zero-order valence-electron chi connectivity index (χ0n) is 10.3. The highest BCUT2D eigenvalue weighted by molar-refractivity contribution is 7.99. The van der Waals surface area contributed by atoms with Crippen molar-refractivity contribution in [1.82, 2.24) is 5.32 Å². The first-order valence-electron chi connectivity index (χ1n) is 6.14. The van der Waals surface area contributed by atoms with E-state index < -0.39 is 0 Å². The van der Waals surface area contributed by atoms with Crippen molar-refractivity contribution in [2.24, 2.45) is 0 Å². The molecule has 1 aliphatic heterocycles. The van der Waals surface area contributed by atoms with Gasteiger partial charge < -0.3 is 5.32 Å². The van der Waals surface area contributed by atoms with Crippen LogP contribution in [0.15, 0.2) is 18.2 Å². The normalized spacial score (nSPS) is 21.0. The lowest BCUT2D eigenvalue weighted by molar-refractivity contribution is 0.531. The van der Waals surface area contributed by atoms with Gasteiger partial charge in [-0.2, -0.15) is 11.8 Å². The molecule has 1 aromatic rings. The fourth-order valence-corrected chi connectivity index (χ4v) is 3.49. The van der Waals surface area contributed by atoms with Crippen LogP contribution in [0.4, 0.5) is 0 Å². The molecule has 0 radical (unpaired) electrons. The van der Waals surface area contributed by atoms with E-state index in [1.54, 1.807) is 0 Å². The van der Waals surface area contributed by atoms with Crippen molar-refractivity contribution in [2.45, 2.75) is 37.7 Å². The number of piperidine rings is 1. The number of rotatable bonds is 3. The first-order chi connectivity index (χ1) is 7.75. The molecule has 1 unspecified atom stereocenters. The van der Waals surface area contributed by atoms with Crippen molar-refractivity contribution >= 4 is 11.8 Å². The molecule has 0 bridgehead atoms. The molecular formula is C14H21NS. The van der Waals surface area contributed by atoms with Gasteiger partial charge in [-0.1, -0.05) is 23.8 Å². The van der Waals surface area contributed by atoms with Crippen LogP contribution in [0, 0.1) is 13.8 Å². The van der Waals surface area contributed by atoms with Crippen LogP contribution in [-0.2, 0) is 5.75 Å². The number of nitrogens with one attached hydrogen (secondary N) is 1. The van der Waals surface area contributed by atoms with Crippen LogP contribution in [0.1, 0.15) is 29.5 Å². The molecule has 1 saturated heterocycles. The third kappa shape index (κ3) is 3.26. The average molecular weight is 235 g/mol. The lowest BCUT2D eigenvalue weighted by atomic mass is 10.1. The van der Waals surface area contributed by atoms with Crippen LogP contribution in [0.25, 0.3) is 0 Å². The van der Waals surface area contributed by atoms with Gasteiger partial charge in [0.1, 0.15) is 0 Å². The van der Waals surface area contributed by atoms with Crippen molar-refractivity contribution in [3.63, 3.8) is 0 Å².